The number of hydrogen-bond donors (Lipinski definition) is 1. The molecular weight excluding hydrogens is 692 g/mol. The lowest BCUT2D eigenvalue weighted by atomic mass is 9.94. The number of nitrogens with one attached hydrogen (secondary N) is 1. The first kappa shape index (κ1) is 42.3. The molecule has 54 heavy (non-hydrogen) atoms. The number of nitrogens with zero attached hydrogens (tertiary/aromatic N) is 3. The van der Waals surface area contributed by atoms with E-state index in [1.54, 1.807) is 43.5 Å². The van der Waals surface area contributed by atoms with Gasteiger partial charge in [-0.05, 0) is 92.0 Å². The first-order valence-corrected chi connectivity index (χ1v) is 18.8. The molecule has 2 aliphatic heterocycles. The third-order valence-corrected chi connectivity index (χ3v) is 8.99. The second-order valence-electron chi connectivity index (χ2n) is 15.9. The minimum absolute atomic E-state index is 0.112. The molecule has 13 heteroatoms. The van der Waals surface area contributed by atoms with Gasteiger partial charge in [0.05, 0.1) is 32.2 Å². The molecule has 2 heterocycles. The summed E-state index contributed by atoms with van der Waals surface area (Å²) in [5.41, 5.74) is 0.833. The maximum Gasteiger partial charge on any atom is 0.418 e. The van der Waals surface area contributed by atoms with Crippen molar-refractivity contribution in [3.05, 3.63) is 71.5 Å². The van der Waals surface area contributed by atoms with Gasteiger partial charge in [0, 0.05) is 69.4 Å². The quantitative estimate of drug-likeness (QED) is 0.198. The molecule has 298 valence electrons. The highest BCUT2D eigenvalue weighted by molar-refractivity contribution is 5.95. The zero-order valence-corrected chi connectivity index (χ0v) is 33.7. The van der Waals surface area contributed by atoms with E-state index in [-0.39, 0.29) is 30.5 Å². The number of amides is 3. The van der Waals surface area contributed by atoms with Crippen LogP contribution in [0.15, 0.2) is 65.9 Å². The van der Waals surface area contributed by atoms with Crippen LogP contribution in [0.1, 0.15) is 85.0 Å². The minimum atomic E-state index is -0.734. The van der Waals surface area contributed by atoms with Gasteiger partial charge in [0.2, 0.25) is 0 Å². The molecule has 0 aromatic heterocycles. The fraction of sp³-hybridized carbons (Fsp3) is 0.585. The van der Waals surface area contributed by atoms with Gasteiger partial charge in [-0.25, -0.2) is 9.59 Å². The number of allylic oxidation sites excluding steroid dienone is 2. The van der Waals surface area contributed by atoms with Crippen molar-refractivity contribution in [2.45, 2.75) is 97.9 Å². The minimum Gasteiger partial charge on any atom is -0.493 e. The van der Waals surface area contributed by atoms with Gasteiger partial charge in [-0.3, -0.25) is 14.6 Å². The van der Waals surface area contributed by atoms with E-state index >= 15 is 0 Å². The summed E-state index contributed by atoms with van der Waals surface area (Å²) >= 11 is 0. The van der Waals surface area contributed by atoms with E-state index in [0.29, 0.717) is 68.5 Å². The molecule has 4 rings (SSSR count). The average molecular weight is 753 g/mol. The summed E-state index contributed by atoms with van der Waals surface area (Å²) in [5, 5.41) is 3.48. The Morgan fingerprint density at radius 3 is 2.41 bits per heavy atom. The Morgan fingerprint density at radius 1 is 1.00 bits per heavy atom. The first-order valence-electron chi connectivity index (χ1n) is 18.8. The largest absolute Gasteiger partial charge is 0.493 e. The molecule has 1 aliphatic carbocycles. The molecule has 0 radical (unpaired) electrons. The highest BCUT2D eigenvalue weighted by Crippen LogP contribution is 2.33. The van der Waals surface area contributed by atoms with Gasteiger partial charge in [-0.2, -0.15) is 0 Å². The van der Waals surface area contributed by atoms with Crippen molar-refractivity contribution < 1.29 is 42.8 Å². The number of carbonyl (C=O) groups excluding carboxylic acids is 3. The van der Waals surface area contributed by atoms with Gasteiger partial charge >= 0.3 is 12.2 Å². The highest BCUT2D eigenvalue weighted by atomic mass is 16.6. The second kappa shape index (κ2) is 18.7. The fourth-order valence-electron chi connectivity index (χ4n) is 6.44. The lowest BCUT2D eigenvalue weighted by molar-refractivity contribution is 0.0140. The fourth-order valence-corrected chi connectivity index (χ4v) is 6.44. The molecule has 0 spiro atoms. The molecule has 1 aromatic carbocycles. The molecule has 1 fully saturated rings. The summed E-state index contributed by atoms with van der Waals surface area (Å²) in [4.78, 5) is 46.2. The predicted octanol–water partition coefficient (Wildman–Crippen LogP) is 7.01. The van der Waals surface area contributed by atoms with E-state index in [2.05, 4.69) is 11.4 Å². The van der Waals surface area contributed by atoms with E-state index < -0.39 is 23.4 Å². The normalized spacial score (nSPS) is 18.6. The van der Waals surface area contributed by atoms with Crippen LogP contribution in [0.2, 0.25) is 0 Å². The van der Waals surface area contributed by atoms with Crippen molar-refractivity contribution in [3.63, 3.8) is 0 Å². The molecule has 1 saturated heterocycles. The molecule has 0 saturated carbocycles. The Bertz CT molecular complexity index is 1600. The molecule has 1 N–H and O–H groups in total. The third-order valence-electron chi connectivity index (χ3n) is 8.99. The van der Waals surface area contributed by atoms with Crippen LogP contribution in [-0.4, -0.2) is 110 Å². The lowest BCUT2D eigenvalue weighted by Gasteiger charge is -2.38. The number of hydrogen-bond acceptors (Lipinski definition) is 10. The van der Waals surface area contributed by atoms with Crippen molar-refractivity contribution >= 4 is 18.1 Å². The Hall–Kier alpha value is -4.49. The monoisotopic (exact) mass is 752 g/mol. The Morgan fingerprint density at radius 2 is 1.74 bits per heavy atom. The SMILES string of the molecule is COCCCOc1cc(C(=O)N(CC2CNCC2N(CC2=C(C3=CN(C(=O)OC(C)(C)C)C=CO3)CCC=C2)C(=O)OC(C)(C)C)C(C)C)ccc1OC. The highest BCUT2D eigenvalue weighted by Gasteiger charge is 2.40. The van der Waals surface area contributed by atoms with E-state index in [9.17, 15) is 14.4 Å². The smallest absolute Gasteiger partial charge is 0.418 e. The summed E-state index contributed by atoms with van der Waals surface area (Å²) in [7, 11) is 3.21. The van der Waals surface area contributed by atoms with Gasteiger partial charge in [0.15, 0.2) is 11.5 Å². The summed E-state index contributed by atoms with van der Waals surface area (Å²) in [5.74, 6) is 1.28. The molecule has 3 amide bonds. The molecule has 2 atom stereocenters. The van der Waals surface area contributed by atoms with Gasteiger partial charge in [0.25, 0.3) is 5.91 Å². The molecule has 0 bridgehead atoms. The van der Waals surface area contributed by atoms with Crippen molar-refractivity contribution in [1.82, 2.24) is 20.0 Å². The van der Waals surface area contributed by atoms with Crippen molar-refractivity contribution in [2.24, 2.45) is 5.92 Å². The van der Waals surface area contributed by atoms with Crippen molar-refractivity contribution in [2.75, 3.05) is 53.6 Å². The van der Waals surface area contributed by atoms with Crippen LogP contribution >= 0.6 is 0 Å². The number of ether oxygens (including phenoxy) is 6. The predicted molar refractivity (Wildman–Crippen MR) is 206 cm³/mol. The van der Waals surface area contributed by atoms with Gasteiger partial charge < -0.3 is 38.6 Å². The zero-order valence-electron chi connectivity index (χ0n) is 33.7. The van der Waals surface area contributed by atoms with Crippen LogP contribution in [0.5, 0.6) is 11.5 Å². The molecule has 13 nitrogen and oxygen atoms in total. The zero-order chi connectivity index (χ0) is 39.6. The summed E-state index contributed by atoms with van der Waals surface area (Å²) in [6.45, 7) is 17.7. The maximum absolute atomic E-state index is 14.2. The van der Waals surface area contributed by atoms with E-state index in [1.165, 1.54) is 17.4 Å². The van der Waals surface area contributed by atoms with Crippen LogP contribution in [0.3, 0.4) is 0 Å². The van der Waals surface area contributed by atoms with Crippen LogP contribution in [0.4, 0.5) is 9.59 Å². The van der Waals surface area contributed by atoms with Gasteiger partial charge in [-0.1, -0.05) is 12.2 Å². The second-order valence-corrected chi connectivity index (χ2v) is 15.9. The van der Waals surface area contributed by atoms with E-state index in [4.69, 9.17) is 28.4 Å². The first-order chi connectivity index (χ1) is 25.5. The Balaban J connectivity index is 1.63. The average Bonchev–Trinajstić information content (AvgIpc) is 3.57. The summed E-state index contributed by atoms with van der Waals surface area (Å²) < 4.78 is 34.2. The van der Waals surface area contributed by atoms with E-state index in [0.717, 1.165) is 17.6 Å². The number of rotatable bonds is 14. The van der Waals surface area contributed by atoms with Crippen LogP contribution < -0.4 is 14.8 Å². The lowest BCUT2D eigenvalue weighted by Crippen LogP contribution is -2.51. The Kier molecular flexibility index (Phi) is 14.6. The number of methoxy groups -OCH3 is 2. The van der Waals surface area contributed by atoms with E-state index in [1.807, 2.05) is 66.4 Å². The maximum atomic E-state index is 14.2. The van der Waals surface area contributed by atoms with Crippen molar-refractivity contribution in [3.8, 4) is 11.5 Å². The van der Waals surface area contributed by atoms with Crippen LogP contribution in [-0.2, 0) is 18.9 Å². The van der Waals surface area contributed by atoms with Gasteiger partial charge in [-0.15, -0.1) is 0 Å². The number of benzene rings is 1. The topological polar surface area (TPSA) is 128 Å². The Labute approximate surface area is 320 Å². The number of carbonyl (C=O) groups is 3. The summed E-state index contributed by atoms with van der Waals surface area (Å²) in [6.07, 6.45) is 9.83. The summed E-state index contributed by atoms with van der Waals surface area (Å²) in [6, 6.07) is 4.80. The standard InChI is InChI=1S/C41H60N4O9/c1-28(2)44(37(46)29-16-17-34(50-10)35(22-29)51-20-13-19-49-9)26-31-23-42-24-33(31)45(39(48)54-41(6,7)8)25-30-14-11-12-15-32(30)36-27-43(18-21-52-36)38(47)53-40(3,4)5/h11,14,16-18,21-22,27-28,31,33,42H,12-13,15,19-20,23-26H2,1-10H3. The van der Waals surface area contributed by atoms with Crippen LogP contribution in [0, 0.1) is 5.92 Å². The van der Waals surface area contributed by atoms with Crippen molar-refractivity contribution in [1.29, 1.82) is 0 Å². The molecule has 3 aliphatic rings. The molecule has 2 unspecified atom stereocenters. The molecule has 1 aromatic rings. The molecular formula is C41H60N4O9. The van der Waals surface area contributed by atoms with Gasteiger partial charge in [0.1, 0.15) is 23.2 Å². The third kappa shape index (κ3) is 11.8. The van der Waals surface area contributed by atoms with Crippen LogP contribution in [0.25, 0.3) is 0 Å².